The van der Waals surface area contributed by atoms with Gasteiger partial charge in [0.05, 0.1) is 12.3 Å². The number of aromatic nitrogens is 4. The second-order valence-electron chi connectivity index (χ2n) is 7.16. The maximum absolute atomic E-state index is 12.6. The lowest BCUT2D eigenvalue weighted by Gasteiger charge is -2.34. The van der Waals surface area contributed by atoms with Gasteiger partial charge in [-0.25, -0.2) is 0 Å². The number of halogens is 1. The third kappa shape index (κ3) is 3.36. The van der Waals surface area contributed by atoms with E-state index in [9.17, 15) is 9.59 Å². The number of fused-ring (bicyclic) bond motifs is 1. The number of ketones is 1. The molecule has 0 radical (unpaired) electrons. The summed E-state index contributed by atoms with van der Waals surface area (Å²) >= 11 is 6.27. The smallest absolute Gasteiger partial charge is 0.294 e. The molecule has 0 saturated heterocycles. The number of ether oxygens (including phenoxy) is 1. The van der Waals surface area contributed by atoms with Crippen molar-refractivity contribution in [3.8, 4) is 11.4 Å². The lowest BCUT2D eigenvalue weighted by Crippen LogP contribution is -2.42. The molecular weight excluding hydrogens is 380 g/mol. The maximum Gasteiger partial charge on any atom is 0.294 e. The molecule has 1 aliphatic rings. The quantitative estimate of drug-likeness (QED) is 0.707. The molecule has 0 bridgehead atoms. The van der Waals surface area contributed by atoms with E-state index in [1.54, 1.807) is 6.92 Å². The fourth-order valence-electron chi connectivity index (χ4n) is 3.69. The Morgan fingerprint density at radius 1 is 1.25 bits per heavy atom. The van der Waals surface area contributed by atoms with E-state index >= 15 is 0 Å². The molecule has 28 heavy (non-hydrogen) atoms. The summed E-state index contributed by atoms with van der Waals surface area (Å²) in [5.41, 5.74) is -0.0692. The highest BCUT2D eigenvalue weighted by molar-refractivity contribution is 6.31. The Bertz CT molecular complexity index is 1070. The topological polar surface area (TPSA) is 89.3 Å². The Kier molecular flexibility index (Phi) is 5.03. The van der Waals surface area contributed by atoms with Crippen molar-refractivity contribution in [1.82, 2.24) is 19.6 Å². The van der Waals surface area contributed by atoms with Gasteiger partial charge in [-0.2, -0.15) is 9.50 Å². The number of nitrogens with one attached hydrogen (secondary N) is 1. The van der Waals surface area contributed by atoms with Crippen LogP contribution in [-0.2, 0) is 16.1 Å². The third-order valence-corrected chi connectivity index (χ3v) is 5.73. The van der Waals surface area contributed by atoms with Gasteiger partial charge in [0.25, 0.3) is 5.56 Å². The summed E-state index contributed by atoms with van der Waals surface area (Å²) in [6, 6.07) is 9.38. The molecule has 3 aromatic rings. The molecule has 0 unspecified atom stereocenters. The number of aromatic amines is 1. The summed E-state index contributed by atoms with van der Waals surface area (Å²) < 4.78 is 7.18. The molecule has 1 fully saturated rings. The maximum atomic E-state index is 12.6. The molecule has 7 nitrogen and oxygen atoms in total. The molecular formula is C20H21ClN4O3. The fraction of sp³-hybridized carbons (Fsp3) is 0.400. The van der Waals surface area contributed by atoms with Crippen LogP contribution in [-0.4, -0.2) is 31.0 Å². The zero-order valence-electron chi connectivity index (χ0n) is 15.6. The number of carbonyl (C=O) groups excluding carboxylic acids is 1. The van der Waals surface area contributed by atoms with Crippen molar-refractivity contribution in [2.24, 2.45) is 0 Å². The lowest BCUT2D eigenvalue weighted by atomic mass is 9.82. The van der Waals surface area contributed by atoms with Crippen molar-refractivity contribution in [3.05, 3.63) is 51.4 Å². The van der Waals surface area contributed by atoms with E-state index < -0.39 is 11.2 Å². The van der Waals surface area contributed by atoms with E-state index in [2.05, 4.69) is 15.1 Å². The molecule has 2 aromatic heterocycles. The molecule has 0 atom stereocenters. The first-order valence-corrected chi connectivity index (χ1v) is 9.76. The Morgan fingerprint density at radius 2 is 1.96 bits per heavy atom. The van der Waals surface area contributed by atoms with Crippen molar-refractivity contribution >= 4 is 23.2 Å². The number of nitrogens with zero attached hydrogens (tertiary/aromatic N) is 3. The molecule has 146 valence electrons. The van der Waals surface area contributed by atoms with Gasteiger partial charge in [0.2, 0.25) is 5.78 Å². The van der Waals surface area contributed by atoms with Gasteiger partial charge in [0, 0.05) is 5.56 Å². The molecule has 2 heterocycles. The van der Waals surface area contributed by atoms with Gasteiger partial charge in [0.15, 0.2) is 11.6 Å². The van der Waals surface area contributed by atoms with Crippen molar-refractivity contribution in [2.45, 2.75) is 51.2 Å². The largest absolute Gasteiger partial charge is 0.361 e. The number of rotatable bonds is 5. The highest BCUT2D eigenvalue weighted by atomic mass is 35.5. The zero-order chi connectivity index (χ0) is 19.7. The standard InChI is InChI=1S/C20H21ClN4O3/c1-13(26)20(10-6-3-7-11-20)28-12-15-16(21)18(27)25-19(22-15)23-17(24-25)14-8-4-2-5-9-14/h2,4-5,8-9H,3,6-7,10-12H2,1H3,(H,22,23,24). The van der Waals surface area contributed by atoms with Gasteiger partial charge < -0.3 is 9.72 Å². The highest BCUT2D eigenvalue weighted by Crippen LogP contribution is 2.33. The Hall–Kier alpha value is -2.51. The second-order valence-corrected chi connectivity index (χ2v) is 7.54. The van der Waals surface area contributed by atoms with Crippen molar-refractivity contribution in [1.29, 1.82) is 0 Å². The van der Waals surface area contributed by atoms with Gasteiger partial charge >= 0.3 is 0 Å². The number of H-pyrrole nitrogens is 1. The first kappa shape index (κ1) is 18.8. The highest BCUT2D eigenvalue weighted by Gasteiger charge is 2.38. The van der Waals surface area contributed by atoms with Crippen LogP contribution < -0.4 is 5.56 Å². The van der Waals surface area contributed by atoms with Crippen LogP contribution in [0.4, 0.5) is 0 Å². The fourth-order valence-corrected chi connectivity index (χ4v) is 3.87. The second kappa shape index (κ2) is 7.48. The summed E-state index contributed by atoms with van der Waals surface area (Å²) in [4.78, 5) is 32.3. The minimum atomic E-state index is -0.798. The predicted molar refractivity (Wildman–Crippen MR) is 105 cm³/mol. The molecule has 0 amide bonds. The normalized spacial score (nSPS) is 16.4. The molecule has 8 heteroatoms. The monoisotopic (exact) mass is 400 g/mol. The van der Waals surface area contributed by atoms with Gasteiger partial charge in [-0.05, 0) is 19.8 Å². The number of Topliss-reactive ketones (excluding diaryl/α,β-unsaturated/α-hetero) is 1. The van der Waals surface area contributed by atoms with E-state index in [1.807, 2.05) is 30.3 Å². The number of hydrogen-bond acceptors (Lipinski definition) is 5. The average molecular weight is 401 g/mol. The van der Waals surface area contributed by atoms with Gasteiger partial charge in [-0.15, -0.1) is 5.10 Å². The minimum absolute atomic E-state index is 0.00785. The zero-order valence-corrected chi connectivity index (χ0v) is 16.3. The van der Waals surface area contributed by atoms with Crippen LogP contribution in [0.3, 0.4) is 0 Å². The summed E-state index contributed by atoms with van der Waals surface area (Å²) in [7, 11) is 0. The molecule has 1 saturated carbocycles. The lowest BCUT2D eigenvalue weighted by molar-refractivity contribution is -0.149. The minimum Gasteiger partial charge on any atom is -0.361 e. The van der Waals surface area contributed by atoms with Crippen LogP contribution in [0.2, 0.25) is 5.02 Å². The number of hydrogen-bond donors (Lipinski definition) is 1. The van der Waals surface area contributed by atoms with Gasteiger partial charge in [-0.3, -0.25) is 9.59 Å². The van der Waals surface area contributed by atoms with E-state index in [4.69, 9.17) is 16.3 Å². The van der Waals surface area contributed by atoms with E-state index in [0.717, 1.165) is 29.3 Å². The van der Waals surface area contributed by atoms with E-state index in [0.29, 0.717) is 24.4 Å². The summed E-state index contributed by atoms with van der Waals surface area (Å²) in [6.07, 6.45) is 4.38. The first-order chi connectivity index (χ1) is 13.5. The SMILES string of the molecule is CC(=O)C1(OCc2[nH]c3nc(-c4ccccc4)nn3c(=O)c2Cl)CCCCC1. The van der Waals surface area contributed by atoms with E-state index in [-0.39, 0.29) is 23.2 Å². The van der Waals surface area contributed by atoms with Crippen LogP contribution in [0.1, 0.15) is 44.7 Å². The third-order valence-electron chi connectivity index (χ3n) is 5.34. The van der Waals surface area contributed by atoms with Crippen LogP contribution in [0.5, 0.6) is 0 Å². The molecule has 0 spiro atoms. The van der Waals surface area contributed by atoms with Crippen LogP contribution in [0, 0.1) is 0 Å². The Balaban J connectivity index is 1.67. The van der Waals surface area contributed by atoms with Gasteiger partial charge in [0.1, 0.15) is 10.6 Å². The average Bonchev–Trinajstić information content (AvgIpc) is 3.15. The molecule has 0 aliphatic heterocycles. The Morgan fingerprint density at radius 3 is 2.64 bits per heavy atom. The molecule has 4 rings (SSSR count). The predicted octanol–water partition coefficient (Wildman–Crippen LogP) is 3.55. The molecule has 1 N–H and O–H groups in total. The number of carbonyl (C=O) groups is 1. The van der Waals surface area contributed by atoms with E-state index in [1.165, 1.54) is 0 Å². The van der Waals surface area contributed by atoms with Crippen LogP contribution in [0.25, 0.3) is 17.2 Å². The Labute approximate surface area is 166 Å². The van der Waals surface area contributed by atoms with Crippen molar-refractivity contribution in [2.75, 3.05) is 0 Å². The van der Waals surface area contributed by atoms with Crippen molar-refractivity contribution in [3.63, 3.8) is 0 Å². The summed E-state index contributed by atoms with van der Waals surface area (Å²) in [5, 5.41) is 4.25. The van der Waals surface area contributed by atoms with Gasteiger partial charge in [-0.1, -0.05) is 61.2 Å². The first-order valence-electron chi connectivity index (χ1n) is 9.38. The molecule has 1 aromatic carbocycles. The summed E-state index contributed by atoms with van der Waals surface area (Å²) in [6.45, 7) is 1.60. The number of benzene rings is 1. The van der Waals surface area contributed by atoms with Crippen LogP contribution in [0.15, 0.2) is 35.1 Å². The van der Waals surface area contributed by atoms with Crippen molar-refractivity contribution < 1.29 is 9.53 Å². The summed E-state index contributed by atoms with van der Waals surface area (Å²) in [5.74, 6) is 0.725. The molecule has 1 aliphatic carbocycles. The van der Waals surface area contributed by atoms with Crippen LogP contribution >= 0.6 is 11.6 Å².